The van der Waals surface area contributed by atoms with Crippen molar-refractivity contribution in [2.75, 3.05) is 13.2 Å². The van der Waals surface area contributed by atoms with Crippen molar-refractivity contribution in [3.8, 4) is 5.75 Å². The monoisotopic (exact) mass is 394 g/mol. The average molecular weight is 394 g/mol. The molecule has 1 aromatic heterocycles. The van der Waals surface area contributed by atoms with E-state index in [1.807, 2.05) is 0 Å². The number of rotatable bonds is 7. The first-order chi connectivity index (χ1) is 12.9. The number of thiazole rings is 1. The van der Waals surface area contributed by atoms with Gasteiger partial charge >= 0.3 is 5.97 Å². The number of carbonyl (C=O) groups excluding carboxylic acids is 1. The van der Waals surface area contributed by atoms with Gasteiger partial charge in [-0.05, 0) is 37.6 Å². The number of aromatic nitrogens is 1. The first-order valence-electron chi connectivity index (χ1n) is 8.34. The van der Waals surface area contributed by atoms with Gasteiger partial charge in [-0.2, -0.15) is 0 Å². The van der Waals surface area contributed by atoms with Gasteiger partial charge in [0.1, 0.15) is 28.1 Å². The number of carboxylic acid groups (broad SMARTS) is 1. The standard InChI is InChI=1S/C18H19FN2O5S/c1-11-16(17(24)21-18(8-15(22)23)6-7-25-10-18)27-14(20-11)9-26-13-4-2-12(19)3-5-13/h2-5H,6-10H2,1H3,(H,21,24)(H,22,23). The first-order valence-corrected chi connectivity index (χ1v) is 9.15. The van der Waals surface area contributed by atoms with Crippen LogP contribution in [-0.4, -0.2) is 40.7 Å². The van der Waals surface area contributed by atoms with Gasteiger partial charge in [0.25, 0.3) is 5.91 Å². The Balaban J connectivity index is 1.66. The van der Waals surface area contributed by atoms with Gasteiger partial charge in [-0.1, -0.05) is 0 Å². The van der Waals surface area contributed by atoms with Crippen molar-refractivity contribution in [3.05, 3.63) is 45.7 Å². The number of amides is 1. The highest BCUT2D eigenvalue weighted by Crippen LogP contribution is 2.26. The highest BCUT2D eigenvalue weighted by atomic mass is 32.1. The molecule has 1 aliphatic rings. The fourth-order valence-electron chi connectivity index (χ4n) is 2.88. The number of nitrogens with one attached hydrogen (secondary N) is 1. The van der Waals surface area contributed by atoms with Gasteiger partial charge in [-0.3, -0.25) is 9.59 Å². The molecule has 0 radical (unpaired) electrons. The second-order valence-electron chi connectivity index (χ2n) is 6.37. The first kappa shape index (κ1) is 19.2. The van der Waals surface area contributed by atoms with E-state index in [0.29, 0.717) is 34.4 Å². The number of benzene rings is 1. The number of aliphatic carboxylic acids is 1. The third-order valence-corrected chi connectivity index (χ3v) is 5.32. The lowest BCUT2D eigenvalue weighted by molar-refractivity contribution is -0.138. The van der Waals surface area contributed by atoms with Crippen LogP contribution in [-0.2, 0) is 16.1 Å². The van der Waals surface area contributed by atoms with E-state index in [1.54, 1.807) is 6.92 Å². The summed E-state index contributed by atoms with van der Waals surface area (Å²) in [6, 6.07) is 5.62. The molecule has 2 aromatic rings. The number of hydrogen-bond acceptors (Lipinski definition) is 6. The molecule has 0 saturated carbocycles. The predicted octanol–water partition coefficient (Wildman–Crippen LogP) is 2.53. The van der Waals surface area contributed by atoms with E-state index >= 15 is 0 Å². The smallest absolute Gasteiger partial charge is 0.305 e. The van der Waals surface area contributed by atoms with Crippen LogP contribution in [0.4, 0.5) is 4.39 Å². The zero-order chi connectivity index (χ0) is 19.4. The third-order valence-electron chi connectivity index (χ3n) is 4.19. The lowest BCUT2D eigenvalue weighted by Gasteiger charge is -2.26. The highest BCUT2D eigenvalue weighted by molar-refractivity contribution is 7.13. The zero-order valence-electron chi connectivity index (χ0n) is 14.7. The molecule has 1 atom stereocenters. The molecule has 27 heavy (non-hydrogen) atoms. The summed E-state index contributed by atoms with van der Waals surface area (Å²) in [4.78, 5) is 28.5. The molecule has 1 aliphatic heterocycles. The Hall–Kier alpha value is -2.52. The summed E-state index contributed by atoms with van der Waals surface area (Å²) in [5, 5.41) is 12.5. The summed E-state index contributed by atoms with van der Waals surface area (Å²) in [7, 11) is 0. The SMILES string of the molecule is Cc1nc(COc2ccc(F)cc2)sc1C(=O)NC1(CC(=O)O)CCOC1. The van der Waals surface area contributed by atoms with E-state index in [4.69, 9.17) is 14.6 Å². The van der Waals surface area contributed by atoms with Gasteiger partial charge in [0.15, 0.2) is 0 Å². The summed E-state index contributed by atoms with van der Waals surface area (Å²) in [5.74, 6) is -1.21. The molecule has 1 unspecified atom stereocenters. The quantitative estimate of drug-likeness (QED) is 0.749. The maximum Gasteiger partial charge on any atom is 0.305 e. The number of nitrogens with zero attached hydrogens (tertiary/aromatic N) is 1. The molecular formula is C18H19FN2O5S. The van der Waals surface area contributed by atoms with Gasteiger partial charge < -0.3 is 19.9 Å². The maximum atomic E-state index is 12.9. The molecule has 0 spiro atoms. The number of carbonyl (C=O) groups is 2. The number of carboxylic acids is 1. The zero-order valence-corrected chi connectivity index (χ0v) is 15.5. The van der Waals surface area contributed by atoms with Crippen LogP contribution >= 0.6 is 11.3 Å². The molecule has 3 rings (SSSR count). The lowest BCUT2D eigenvalue weighted by Crippen LogP contribution is -2.50. The van der Waals surface area contributed by atoms with E-state index in [0.717, 1.165) is 0 Å². The third kappa shape index (κ3) is 4.81. The molecule has 9 heteroatoms. The van der Waals surface area contributed by atoms with Crippen LogP contribution in [0.1, 0.15) is 33.2 Å². The molecule has 1 aromatic carbocycles. The Morgan fingerprint density at radius 2 is 2.15 bits per heavy atom. The van der Waals surface area contributed by atoms with E-state index in [2.05, 4.69) is 10.3 Å². The Labute approximate surface area is 159 Å². The number of aryl methyl sites for hydroxylation is 1. The lowest BCUT2D eigenvalue weighted by atomic mass is 9.94. The van der Waals surface area contributed by atoms with Crippen molar-refractivity contribution in [1.82, 2.24) is 10.3 Å². The van der Waals surface area contributed by atoms with Crippen LogP contribution in [0, 0.1) is 12.7 Å². The van der Waals surface area contributed by atoms with Gasteiger partial charge in [0, 0.05) is 6.61 Å². The molecule has 1 fully saturated rings. The second-order valence-corrected chi connectivity index (χ2v) is 7.46. The number of hydrogen-bond donors (Lipinski definition) is 2. The molecule has 0 bridgehead atoms. The van der Waals surface area contributed by atoms with Crippen molar-refractivity contribution in [3.63, 3.8) is 0 Å². The predicted molar refractivity (Wildman–Crippen MR) is 95.5 cm³/mol. The van der Waals surface area contributed by atoms with Gasteiger partial charge in [-0.15, -0.1) is 11.3 Å². The van der Waals surface area contributed by atoms with E-state index in [1.165, 1.54) is 35.6 Å². The van der Waals surface area contributed by atoms with Crippen LogP contribution in [0.25, 0.3) is 0 Å². The Kier molecular flexibility index (Phi) is 5.71. The minimum absolute atomic E-state index is 0.147. The summed E-state index contributed by atoms with van der Waals surface area (Å²) < 4.78 is 23.8. The van der Waals surface area contributed by atoms with Gasteiger partial charge in [0.2, 0.25) is 0 Å². The summed E-state index contributed by atoms with van der Waals surface area (Å²) in [5.41, 5.74) is -0.357. The summed E-state index contributed by atoms with van der Waals surface area (Å²) in [6.45, 7) is 2.44. The average Bonchev–Trinajstić information content (AvgIpc) is 3.20. The molecule has 1 amide bonds. The van der Waals surface area contributed by atoms with Gasteiger partial charge in [-0.25, -0.2) is 9.37 Å². The van der Waals surface area contributed by atoms with Gasteiger partial charge in [0.05, 0.1) is 24.3 Å². The van der Waals surface area contributed by atoms with Crippen molar-refractivity contribution >= 4 is 23.2 Å². The Morgan fingerprint density at radius 3 is 2.78 bits per heavy atom. The van der Waals surface area contributed by atoms with Crippen molar-refractivity contribution < 1.29 is 28.6 Å². The van der Waals surface area contributed by atoms with Crippen LogP contribution in [0.15, 0.2) is 24.3 Å². The number of ether oxygens (including phenoxy) is 2. The molecular weight excluding hydrogens is 375 g/mol. The van der Waals surface area contributed by atoms with Crippen LogP contribution in [0.5, 0.6) is 5.75 Å². The fourth-order valence-corrected chi connectivity index (χ4v) is 3.75. The number of halogens is 1. The van der Waals surface area contributed by atoms with E-state index < -0.39 is 11.5 Å². The minimum Gasteiger partial charge on any atom is -0.486 e. The fraction of sp³-hybridized carbons (Fsp3) is 0.389. The van der Waals surface area contributed by atoms with E-state index in [-0.39, 0.29) is 31.4 Å². The van der Waals surface area contributed by atoms with Crippen molar-refractivity contribution in [2.45, 2.75) is 31.9 Å². The van der Waals surface area contributed by atoms with Crippen LogP contribution in [0.3, 0.4) is 0 Å². The minimum atomic E-state index is -0.991. The molecule has 144 valence electrons. The normalized spacial score (nSPS) is 19.0. The van der Waals surface area contributed by atoms with E-state index in [9.17, 15) is 14.0 Å². The van der Waals surface area contributed by atoms with Crippen molar-refractivity contribution in [2.24, 2.45) is 0 Å². The molecule has 1 saturated heterocycles. The Morgan fingerprint density at radius 1 is 1.41 bits per heavy atom. The molecule has 2 N–H and O–H groups in total. The molecule has 0 aliphatic carbocycles. The van der Waals surface area contributed by atoms with Crippen molar-refractivity contribution in [1.29, 1.82) is 0 Å². The second kappa shape index (κ2) is 8.01. The summed E-state index contributed by atoms with van der Waals surface area (Å²) >= 11 is 1.18. The summed E-state index contributed by atoms with van der Waals surface area (Å²) in [6.07, 6.45) is 0.251. The topological polar surface area (TPSA) is 97.8 Å². The Bertz CT molecular complexity index is 831. The van der Waals surface area contributed by atoms with Crippen LogP contribution in [0.2, 0.25) is 0 Å². The highest BCUT2D eigenvalue weighted by Gasteiger charge is 2.39. The van der Waals surface area contributed by atoms with Crippen LogP contribution < -0.4 is 10.1 Å². The maximum absolute atomic E-state index is 12.9. The largest absolute Gasteiger partial charge is 0.486 e. The molecule has 2 heterocycles. The molecule has 7 nitrogen and oxygen atoms in total.